The van der Waals surface area contributed by atoms with Crippen LogP contribution in [0.1, 0.15) is 24.6 Å². The van der Waals surface area contributed by atoms with Gasteiger partial charge in [0.1, 0.15) is 5.75 Å². The van der Waals surface area contributed by atoms with Crippen molar-refractivity contribution in [1.29, 1.82) is 0 Å². The first-order valence-corrected chi connectivity index (χ1v) is 8.66. The van der Waals surface area contributed by atoms with E-state index in [2.05, 4.69) is 15.5 Å². The van der Waals surface area contributed by atoms with Gasteiger partial charge >= 0.3 is 0 Å². The lowest BCUT2D eigenvalue weighted by molar-refractivity contribution is -0.121. The number of methoxy groups -OCH3 is 1. The Kier molecular flexibility index (Phi) is 4.91. The molecule has 0 aliphatic heterocycles. The number of aromatic amines is 1. The van der Waals surface area contributed by atoms with Crippen molar-refractivity contribution < 1.29 is 9.53 Å². The van der Waals surface area contributed by atoms with Crippen LogP contribution in [0.25, 0.3) is 0 Å². The minimum Gasteiger partial charge on any atom is -0.497 e. The molecular weight excluding hydrogens is 310 g/mol. The average Bonchev–Trinajstić information content (AvgIpc) is 3.03. The van der Waals surface area contributed by atoms with Gasteiger partial charge in [-0.05, 0) is 56.0 Å². The standard InChI is InChI=1S/C17H21N3O2S/c1-11(23-15-6-4-14(22-2)5-7-15)17(21)19-13-3-8-16-12(9-13)10-18-20-16/h4-7,10-11,13H,3,8-9H2,1-2H3,(H,18,20)(H,19,21)/t11-,13+/m0/s1. The Labute approximate surface area is 140 Å². The van der Waals surface area contributed by atoms with Crippen molar-refractivity contribution in [3.05, 3.63) is 41.7 Å². The quantitative estimate of drug-likeness (QED) is 0.827. The number of carbonyl (C=O) groups is 1. The number of hydrogen-bond acceptors (Lipinski definition) is 4. The predicted molar refractivity (Wildman–Crippen MR) is 90.9 cm³/mol. The zero-order valence-corrected chi connectivity index (χ0v) is 14.2. The van der Waals surface area contributed by atoms with Crippen molar-refractivity contribution in [3.8, 4) is 5.75 Å². The molecule has 122 valence electrons. The molecule has 1 amide bonds. The number of nitrogens with zero attached hydrogens (tertiary/aromatic N) is 1. The van der Waals surface area contributed by atoms with Crippen molar-refractivity contribution in [2.24, 2.45) is 0 Å². The molecular formula is C17H21N3O2S. The van der Waals surface area contributed by atoms with E-state index in [9.17, 15) is 4.79 Å². The van der Waals surface area contributed by atoms with E-state index in [4.69, 9.17) is 4.74 Å². The molecule has 1 aliphatic carbocycles. The van der Waals surface area contributed by atoms with E-state index in [1.54, 1.807) is 18.9 Å². The van der Waals surface area contributed by atoms with Gasteiger partial charge in [-0.15, -0.1) is 11.8 Å². The first-order valence-electron chi connectivity index (χ1n) is 7.78. The summed E-state index contributed by atoms with van der Waals surface area (Å²) < 4.78 is 5.15. The number of hydrogen-bond donors (Lipinski definition) is 2. The molecule has 1 heterocycles. The third-order valence-electron chi connectivity index (χ3n) is 4.10. The topological polar surface area (TPSA) is 67.0 Å². The fraction of sp³-hybridized carbons (Fsp3) is 0.412. The highest BCUT2D eigenvalue weighted by Crippen LogP contribution is 2.26. The molecule has 23 heavy (non-hydrogen) atoms. The Morgan fingerprint density at radius 3 is 2.96 bits per heavy atom. The average molecular weight is 331 g/mol. The summed E-state index contributed by atoms with van der Waals surface area (Å²) in [6, 6.07) is 7.98. The summed E-state index contributed by atoms with van der Waals surface area (Å²) in [7, 11) is 1.65. The second-order valence-corrected chi connectivity index (χ2v) is 7.17. The van der Waals surface area contributed by atoms with Gasteiger partial charge in [0.15, 0.2) is 0 Å². The summed E-state index contributed by atoms with van der Waals surface area (Å²) in [4.78, 5) is 13.5. The van der Waals surface area contributed by atoms with Gasteiger partial charge < -0.3 is 10.1 Å². The minimum absolute atomic E-state index is 0.0859. The Bertz CT molecular complexity index is 669. The number of H-pyrrole nitrogens is 1. The van der Waals surface area contributed by atoms with Gasteiger partial charge in [-0.1, -0.05) is 0 Å². The lowest BCUT2D eigenvalue weighted by Crippen LogP contribution is -2.42. The molecule has 2 N–H and O–H groups in total. The molecule has 1 aromatic carbocycles. The second-order valence-electron chi connectivity index (χ2n) is 5.76. The molecule has 0 saturated heterocycles. The predicted octanol–water partition coefficient (Wildman–Crippen LogP) is 2.57. The molecule has 6 heteroatoms. The third-order valence-corrected chi connectivity index (χ3v) is 5.22. The maximum Gasteiger partial charge on any atom is 0.233 e. The molecule has 3 rings (SSSR count). The van der Waals surface area contributed by atoms with E-state index < -0.39 is 0 Å². The van der Waals surface area contributed by atoms with Gasteiger partial charge in [0.2, 0.25) is 5.91 Å². The second kappa shape index (κ2) is 7.08. The van der Waals surface area contributed by atoms with Crippen molar-refractivity contribution in [1.82, 2.24) is 15.5 Å². The number of ether oxygens (including phenoxy) is 1. The maximum absolute atomic E-state index is 12.4. The SMILES string of the molecule is COc1ccc(S[C@@H](C)C(=O)N[C@@H]2CCc3[nH]ncc3C2)cc1. The Morgan fingerprint density at radius 1 is 1.43 bits per heavy atom. The van der Waals surface area contributed by atoms with Crippen LogP contribution in [-0.4, -0.2) is 34.5 Å². The normalized spacial score (nSPS) is 18.1. The van der Waals surface area contributed by atoms with Crippen LogP contribution >= 0.6 is 11.8 Å². The summed E-state index contributed by atoms with van der Waals surface area (Å²) in [6.07, 6.45) is 4.63. The van der Waals surface area contributed by atoms with E-state index in [1.165, 1.54) is 11.3 Å². The highest BCUT2D eigenvalue weighted by molar-refractivity contribution is 8.00. The van der Waals surface area contributed by atoms with Gasteiger partial charge in [0.25, 0.3) is 0 Å². The van der Waals surface area contributed by atoms with Gasteiger partial charge in [-0.3, -0.25) is 9.89 Å². The van der Waals surface area contributed by atoms with Crippen LogP contribution in [0.5, 0.6) is 5.75 Å². The number of rotatable bonds is 5. The molecule has 1 aromatic heterocycles. The zero-order chi connectivity index (χ0) is 16.2. The Balaban J connectivity index is 1.53. The summed E-state index contributed by atoms with van der Waals surface area (Å²) in [5, 5.41) is 10.1. The number of nitrogens with one attached hydrogen (secondary N) is 2. The van der Waals surface area contributed by atoms with Crippen LogP contribution < -0.4 is 10.1 Å². The number of amides is 1. The van der Waals surface area contributed by atoms with Crippen LogP contribution in [0.2, 0.25) is 0 Å². The van der Waals surface area contributed by atoms with Gasteiger partial charge in [0.05, 0.1) is 18.6 Å². The molecule has 0 radical (unpaired) electrons. The number of aryl methyl sites for hydroxylation is 1. The van der Waals surface area contributed by atoms with E-state index >= 15 is 0 Å². The summed E-state index contributed by atoms with van der Waals surface area (Å²) in [5.41, 5.74) is 2.42. The van der Waals surface area contributed by atoms with E-state index in [-0.39, 0.29) is 17.2 Å². The molecule has 0 spiro atoms. The van der Waals surface area contributed by atoms with Gasteiger partial charge in [-0.25, -0.2) is 0 Å². The van der Waals surface area contributed by atoms with Crippen LogP contribution in [0.15, 0.2) is 35.4 Å². The molecule has 0 unspecified atom stereocenters. The number of fused-ring (bicyclic) bond motifs is 1. The molecule has 0 fully saturated rings. The summed E-state index contributed by atoms with van der Waals surface area (Å²) >= 11 is 1.56. The van der Waals surface area contributed by atoms with E-state index in [0.29, 0.717) is 0 Å². The lowest BCUT2D eigenvalue weighted by atomic mass is 9.93. The smallest absolute Gasteiger partial charge is 0.233 e. The molecule has 1 aliphatic rings. The van der Waals surface area contributed by atoms with E-state index in [0.717, 1.165) is 29.9 Å². The van der Waals surface area contributed by atoms with Crippen LogP contribution in [0, 0.1) is 0 Å². The molecule has 2 aromatic rings. The summed E-state index contributed by atoms with van der Waals surface area (Å²) in [5.74, 6) is 0.910. The first-order chi connectivity index (χ1) is 11.2. The number of carbonyl (C=O) groups excluding carboxylic acids is 1. The van der Waals surface area contributed by atoms with Gasteiger partial charge in [0, 0.05) is 16.6 Å². The molecule has 0 saturated carbocycles. The largest absolute Gasteiger partial charge is 0.497 e. The maximum atomic E-state index is 12.4. The van der Waals surface area contributed by atoms with E-state index in [1.807, 2.05) is 37.4 Å². The fourth-order valence-corrected chi connectivity index (χ4v) is 3.65. The number of thioether (sulfide) groups is 1. The number of benzene rings is 1. The van der Waals surface area contributed by atoms with Crippen molar-refractivity contribution in [3.63, 3.8) is 0 Å². The highest BCUT2D eigenvalue weighted by atomic mass is 32.2. The molecule has 5 nitrogen and oxygen atoms in total. The highest BCUT2D eigenvalue weighted by Gasteiger charge is 2.23. The first kappa shape index (κ1) is 15.9. The van der Waals surface area contributed by atoms with Crippen molar-refractivity contribution in [2.45, 2.75) is 42.4 Å². The zero-order valence-electron chi connectivity index (χ0n) is 13.3. The lowest BCUT2D eigenvalue weighted by Gasteiger charge is -2.24. The third kappa shape index (κ3) is 3.88. The van der Waals surface area contributed by atoms with Crippen molar-refractivity contribution >= 4 is 17.7 Å². The van der Waals surface area contributed by atoms with Gasteiger partial charge in [-0.2, -0.15) is 5.10 Å². The molecule has 0 bridgehead atoms. The minimum atomic E-state index is -0.130. The fourth-order valence-electron chi connectivity index (χ4n) is 2.77. The van der Waals surface area contributed by atoms with Crippen molar-refractivity contribution in [2.75, 3.05) is 7.11 Å². The monoisotopic (exact) mass is 331 g/mol. The van der Waals surface area contributed by atoms with Crippen LogP contribution in [0.3, 0.4) is 0 Å². The van der Waals surface area contributed by atoms with Crippen LogP contribution in [-0.2, 0) is 17.6 Å². The summed E-state index contributed by atoms with van der Waals surface area (Å²) in [6.45, 7) is 1.94. The van der Waals surface area contributed by atoms with Crippen LogP contribution in [0.4, 0.5) is 0 Å². The Hall–Kier alpha value is -1.95. The molecule has 2 atom stereocenters. The Morgan fingerprint density at radius 2 is 2.22 bits per heavy atom. The number of aromatic nitrogens is 2.